The lowest BCUT2D eigenvalue weighted by atomic mass is 10.1. The first kappa shape index (κ1) is 12.2. The van der Waals surface area contributed by atoms with Crippen LogP contribution in [0.4, 0.5) is 11.4 Å². The van der Waals surface area contributed by atoms with Gasteiger partial charge in [-0.1, -0.05) is 12.1 Å². The van der Waals surface area contributed by atoms with Crippen LogP contribution >= 0.6 is 0 Å². The van der Waals surface area contributed by atoms with Gasteiger partial charge in [0.2, 0.25) is 0 Å². The summed E-state index contributed by atoms with van der Waals surface area (Å²) in [5.74, 6) is 0. The van der Waals surface area contributed by atoms with Crippen molar-refractivity contribution in [3.8, 4) is 0 Å². The molecule has 1 aromatic rings. The predicted octanol–water partition coefficient (Wildman–Crippen LogP) is 2.66. The highest BCUT2D eigenvalue weighted by atomic mass is 16.5. The van der Waals surface area contributed by atoms with Crippen molar-refractivity contribution >= 4 is 11.4 Å². The van der Waals surface area contributed by atoms with Crippen LogP contribution < -0.4 is 10.6 Å². The minimum Gasteiger partial charge on any atom is -0.397 e. The second-order valence-corrected chi connectivity index (χ2v) is 4.59. The zero-order valence-electron chi connectivity index (χ0n) is 10.6. The molecule has 0 aliphatic carbocycles. The minimum absolute atomic E-state index is 0.364. The fraction of sp³-hybridized carbons (Fsp3) is 0.571. The maximum Gasteiger partial charge on any atom is 0.0749 e. The molecule has 0 saturated carbocycles. The topological polar surface area (TPSA) is 38.5 Å². The zero-order chi connectivity index (χ0) is 12.1. The van der Waals surface area contributed by atoms with Crippen LogP contribution in [0.5, 0.6) is 0 Å². The number of benzene rings is 1. The number of anilines is 2. The average molecular weight is 234 g/mol. The van der Waals surface area contributed by atoms with Gasteiger partial charge in [0.25, 0.3) is 0 Å². The largest absolute Gasteiger partial charge is 0.397 e. The molecular weight excluding hydrogens is 212 g/mol. The second-order valence-electron chi connectivity index (χ2n) is 4.59. The van der Waals surface area contributed by atoms with Crippen molar-refractivity contribution in [2.45, 2.75) is 32.3 Å². The summed E-state index contributed by atoms with van der Waals surface area (Å²) in [4.78, 5) is 2.31. The van der Waals surface area contributed by atoms with Gasteiger partial charge >= 0.3 is 0 Å². The van der Waals surface area contributed by atoms with E-state index in [0.29, 0.717) is 6.10 Å². The first-order chi connectivity index (χ1) is 8.31. The van der Waals surface area contributed by atoms with Gasteiger partial charge in [0.15, 0.2) is 0 Å². The van der Waals surface area contributed by atoms with Gasteiger partial charge in [0, 0.05) is 19.7 Å². The molecule has 0 amide bonds. The Labute approximate surface area is 104 Å². The molecule has 0 bridgehead atoms. The number of para-hydroxylation sites is 2. The van der Waals surface area contributed by atoms with Crippen LogP contribution in [0.3, 0.4) is 0 Å². The van der Waals surface area contributed by atoms with E-state index in [1.807, 2.05) is 18.2 Å². The molecule has 94 valence electrons. The number of nitrogen functional groups attached to an aromatic ring is 1. The molecule has 17 heavy (non-hydrogen) atoms. The molecule has 0 aromatic heterocycles. The first-order valence-electron chi connectivity index (χ1n) is 6.52. The molecule has 0 radical (unpaired) electrons. The van der Waals surface area contributed by atoms with Crippen LogP contribution in [0, 0.1) is 0 Å². The summed E-state index contributed by atoms with van der Waals surface area (Å²) < 4.78 is 5.79. The summed E-state index contributed by atoms with van der Waals surface area (Å²) in [6, 6.07) is 8.06. The van der Waals surface area contributed by atoms with Gasteiger partial charge in [-0.2, -0.15) is 0 Å². The van der Waals surface area contributed by atoms with Crippen LogP contribution in [0.25, 0.3) is 0 Å². The highest BCUT2D eigenvalue weighted by molar-refractivity contribution is 5.67. The molecule has 1 unspecified atom stereocenters. The Morgan fingerprint density at radius 1 is 1.35 bits per heavy atom. The van der Waals surface area contributed by atoms with E-state index in [1.54, 1.807) is 0 Å². The lowest BCUT2D eigenvalue weighted by Crippen LogP contribution is -2.36. The van der Waals surface area contributed by atoms with Crippen LogP contribution in [0.2, 0.25) is 0 Å². The van der Waals surface area contributed by atoms with Crippen molar-refractivity contribution < 1.29 is 4.74 Å². The van der Waals surface area contributed by atoms with Crippen molar-refractivity contribution in [3.05, 3.63) is 24.3 Å². The van der Waals surface area contributed by atoms with Crippen molar-refractivity contribution in [1.82, 2.24) is 0 Å². The number of rotatable bonds is 4. The molecule has 3 nitrogen and oxygen atoms in total. The second kappa shape index (κ2) is 5.92. The summed E-state index contributed by atoms with van der Waals surface area (Å²) in [6.45, 7) is 4.99. The fourth-order valence-electron chi connectivity index (χ4n) is 2.37. The molecule has 1 saturated heterocycles. The van der Waals surface area contributed by atoms with E-state index in [1.165, 1.54) is 19.3 Å². The van der Waals surface area contributed by atoms with Gasteiger partial charge in [-0.05, 0) is 38.3 Å². The SMILES string of the molecule is CCN(CC1CCCCO1)c1ccccc1N. The molecule has 2 N–H and O–H groups in total. The van der Waals surface area contributed by atoms with Crippen molar-refractivity contribution in [2.24, 2.45) is 0 Å². The molecule has 2 rings (SSSR count). The molecule has 1 atom stereocenters. The molecular formula is C14H22N2O. The Morgan fingerprint density at radius 2 is 2.18 bits per heavy atom. The Kier molecular flexibility index (Phi) is 4.26. The molecule has 1 aromatic carbocycles. The summed E-state index contributed by atoms with van der Waals surface area (Å²) in [5, 5.41) is 0. The van der Waals surface area contributed by atoms with Gasteiger partial charge in [0.05, 0.1) is 17.5 Å². The predicted molar refractivity (Wildman–Crippen MR) is 72.3 cm³/mol. The summed E-state index contributed by atoms with van der Waals surface area (Å²) >= 11 is 0. The maximum atomic E-state index is 6.02. The number of likely N-dealkylation sites (N-methyl/N-ethyl adjacent to an activating group) is 1. The van der Waals surface area contributed by atoms with Gasteiger partial charge in [-0.3, -0.25) is 0 Å². The Balaban J connectivity index is 2.03. The number of hydrogen-bond donors (Lipinski definition) is 1. The Morgan fingerprint density at radius 3 is 2.82 bits per heavy atom. The molecule has 1 aliphatic heterocycles. The highest BCUT2D eigenvalue weighted by Crippen LogP contribution is 2.24. The van der Waals surface area contributed by atoms with Crippen molar-refractivity contribution in [1.29, 1.82) is 0 Å². The number of ether oxygens (including phenoxy) is 1. The van der Waals surface area contributed by atoms with Crippen LogP contribution in [0.1, 0.15) is 26.2 Å². The van der Waals surface area contributed by atoms with Gasteiger partial charge in [-0.15, -0.1) is 0 Å². The van der Waals surface area contributed by atoms with E-state index < -0.39 is 0 Å². The van der Waals surface area contributed by atoms with Crippen LogP contribution in [-0.2, 0) is 4.74 Å². The van der Waals surface area contributed by atoms with E-state index in [-0.39, 0.29) is 0 Å². The van der Waals surface area contributed by atoms with E-state index in [4.69, 9.17) is 10.5 Å². The van der Waals surface area contributed by atoms with Crippen molar-refractivity contribution in [2.75, 3.05) is 30.3 Å². The number of hydrogen-bond acceptors (Lipinski definition) is 3. The highest BCUT2D eigenvalue weighted by Gasteiger charge is 2.18. The third kappa shape index (κ3) is 3.13. The molecule has 0 spiro atoms. The molecule has 1 aliphatic rings. The standard InChI is InChI=1S/C14H22N2O/c1-2-16(11-12-7-5-6-10-17-12)14-9-4-3-8-13(14)15/h3-4,8-9,12H,2,5-7,10-11,15H2,1H3. The maximum absolute atomic E-state index is 6.02. The van der Waals surface area contributed by atoms with Gasteiger partial charge in [-0.25, -0.2) is 0 Å². The molecule has 1 heterocycles. The van der Waals surface area contributed by atoms with E-state index in [2.05, 4.69) is 17.9 Å². The summed E-state index contributed by atoms with van der Waals surface area (Å²) in [5.41, 5.74) is 8.00. The summed E-state index contributed by atoms with van der Waals surface area (Å²) in [7, 11) is 0. The Hall–Kier alpha value is -1.22. The first-order valence-corrected chi connectivity index (χ1v) is 6.52. The molecule has 1 fully saturated rings. The number of nitrogens with zero attached hydrogens (tertiary/aromatic N) is 1. The third-order valence-electron chi connectivity index (χ3n) is 3.36. The quantitative estimate of drug-likeness (QED) is 0.814. The lowest BCUT2D eigenvalue weighted by Gasteiger charge is -2.31. The molecule has 3 heteroatoms. The zero-order valence-corrected chi connectivity index (χ0v) is 10.6. The van der Waals surface area contributed by atoms with Crippen molar-refractivity contribution in [3.63, 3.8) is 0 Å². The normalized spacial score (nSPS) is 20.2. The lowest BCUT2D eigenvalue weighted by molar-refractivity contribution is 0.0211. The van der Waals surface area contributed by atoms with Gasteiger partial charge < -0.3 is 15.4 Å². The smallest absolute Gasteiger partial charge is 0.0749 e. The van der Waals surface area contributed by atoms with E-state index in [0.717, 1.165) is 31.1 Å². The van der Waals surface area contributed by atoms with E-state index in [9.17, 15) is 0 Å². The van der Waals surface area contributed by atoms with E-state index >= 15 is 0 Å². The monoisotopic (exact) mass is 234 g/mol. The average Bonchev–Trinajstić information content (AvgIpc) is 2.38. The number of nitrogens with two attached hydrogens (primary N) is 1. The Bertz CT molecular complexity index is 348. The third-order valence-corrected chi connectivity index (χ3v) is 3.36. The van der Waals surface area contributed by atoms with Crippen LogP contribution in [-0.4, -0.2) is 25.8 Å². The fourth-order valence-corrected chi connectivity index (χ4v) is 2.37. The minimum atomic E-state index is 0.364. The summed E-state index contributed by atoms with van der Waals surface area (Å²) in [6.07, 6.45) is 4.02. The van der Waals surface area contributed by atoms with Crippen LogP contribution in [0.15, 0.2) is 24.3 Å². The van der Waals surface area contributed by atoms with Gasteiger partial charge in [0.1, 0.15) is 0 Å².